The van der Waals surface area contributed by atoms with E-state index in [9.17, 15) is 4.79 Å². The van der Waals surface area contributed by atoms with Gasteiger partial charge in [0, 0.05) is 47.1 Å². The lowest BCUT2D eigenvalue weighted by Gasteiger charge is -2.27. The number of rotatable bonds is 3. The highest BCUT2D eigenvalue weighted by Gasteiger charge is 2.24. The monoisotopic (exact) mass is 432 g/mol. The second kappa shape index (κ2) is 8.31. The Morgan fingerprint density at radius 2 is 1.88 bits per heavy atom. The molecular weight excluding hydrogens is 407 g/mol. The van der Waals surface area contributed by atoms with Crippen LogP contribution in [-0.4, -0.2) is 48.3 Å². The topological polar surface area (TPSA) is 92.3 Å². The molecule has 3 aromatic rings. The van der Waals surface area contributed by atoms with Gasteiger partial charge >= 0.3 is 0 Å². The van der Waals surface area contributed by atoms with Crippen LogP contribution >= 0.6 is 0 Å². The van der Waals surface area contributed by atoms with E-state index in [0.717, 1.165) is 42.2 Å². The summed E-state index contributed by atoms with van der Waals surface area (Å²) in [5.41, 5.74) is 11.5. The van der Waals surface area contributed by atoms with Gasteiger partial charge in [-0.15, -0.1) is 0 Å². The van der Waals surface area contributed by atoms with E-state index in [1.54, 1.807) is 23.1 Å². The van der Waals surface area contributed by atoms with Gasteiger partial charge in [0.15, 0.2) is 0 Å². The highest BCUT2D eigenvalue weighted by atomic mass is 19.1. The quantitative estimate of drug-likeness (QED) is 0.484. The minimum atomic E-state index is -0.452. The molecule has 1 amide bonds. The molecule has 0 saturated carbocycles. The number of carbonyl (C=O) groups is 1. The Bertz CT molecular complexity index is 1230. The van der Waals surface area contributed by atoms with E-state index in [4.69, 9.17) is 20.9 Å². The molecule has 7 heteroatoms. The number of hydrogen-bond donors (Lipinski definition) is 2. The van der Waals surface area contributed by atoms with Crippen molar-refractivity contribution < 1.29 is 13.9 Å². The maximum absolute atomic E-state index is 15.4. The van der Waals surface area contributed by atoms with Crippen LogP contribution in [0.2, 0.25) is 0 Å². The number of morpholine rings is 1. The number of nitrogens with zero attached hydrogens (tertiary/aromatic N) is 2. The Morgan fingerprint density at radius 1 is 1.12 bits per heavy atom. The summed E-state index contributed by atoms with van der Waals surface area (Å²) in [5.74, 6) is -0.634. The van der Waals surface area contributed by atoms with Gasteiger partial charge in [-0.1, -0.05) is 0 Å². The SMILES string of the molecule is N=Cc1c(N)ccc2nc(-c3ccc(C(=O)N4CCOCC4)cc3F)c3c(c12)CCCC3. The van der Waals surface area contributed by atoms with Crippen molar-refractivity contribution in [2.24, 2.45) is 0 Å². The van der Waals surface area contributed by atoms with Crippen molar-refractivity contribution in [3.8, 4) is 11.3 Å². The van der Waals surface area contributed by atoms with Crippen molar-refractivity contribution >= 4 is 28.7 Å². The average Bonchev–Trinajstić information content (AvgIpc) is 2.83. The molecule has 3 N–H and O–H groups in total. The third-order valence-corrected chi connectivity index (χ3v) is 6.46. The Morgan fingerprint density at radius 3 is 2.59 bits per heavy atom. The van der Waals surface area contributed by atoms with Crippen LogP contribution in [0.15, 0.2) is 30.3 Å². The van der Waals surface area contributed by atoms with Crippen LogP contribution in [0.4, 0.5) is 10.1 Å². The van der Waals surface area contributed by atoms with Gasteiger partial charge in [-0.05, 0) is 67.1 Å². The van der Waals surface area contributed by atoms with Crippen molar-refractivity contribution in [3.63, 3.8) is 0 Å². The first-order valence-electron chi connectivity index (χ1n) is 11.0. The minimum Gasteiger partial charge on any atom is -0.398 e. The number of aromatic nitrogens is 1. The third kappa shape index (κ3) is 3.42. The molecule has 5 rings (SSSR count). The van der Waals surface area contributed by atoms with Gasteiger partial charge in [0.2, 0.25) is 0 Å². The molecular formula is C25H25FN4O2. The number of nitrogens with one attached hydrogen (secondary N) is 1. The van der Waals surface area contributed by atoms with Gasteiger partial charge in [0.1, 0.15) is 5.82 Å². The first-order chi connectivity index (χ1) is 15.6. The number of anilines is 1. The second-order valence-corrected chi connectivity index (χ2v) is 8.33. The fourth-order valence-corrected chi connectivity index (χ4v) is 4.83. The molecule has 0 atom stereocenters. The number of ether oxygens (including phenoxy) is 1. The minimum absolute atomic E-state index is 0.182. The second-order valence-electron chi connectivity index (χ2n) is 8.33. The Labute approximate surface area is 185 Å². The molecule has 0 unspecified atom stereocenters. The summed E-state index contributed by atoms with van der Waals surface area (Å²) in [6.07, 6.45) is 4.97. The van der Waals surface area contributed by atoms with Gasteiger partial charge in [-0.25, -0.2) is 9.37 Å². The van der Waals surface area contributed by atoms with Crippen molar-refractivity contribution in [1.29, 1.82) is 5.41 Å². The van der Waals surface area contributed by atoms with E-state index in [1.165, 1.54) is 12.3 Å². The summed E-state index contributed by atoms with van der Waals surface area (Å²) < 4.78 is 20.7. The van der Waals surface area contributed by atoms with E-state index in [-0.39, 0.29) is 5.91 Å². The number of fused-ring (bicyclic) bond motifs is 3. The summed E-state index contributed by atoms with van der Waals surface area (Å²) in [7, 11) is 0. The van der Waals surface area contributed by atoms with Crippen molar-refractivity contribution in [1.82, 2.24) is 9.88 Å². The molecule has 2 aromatic carbocycles. The van der Waals surface area contributed by atoms with E-state index in [0.29, 0.717) is 59.9 Å². The summed E-state index contributed by atoms with van der Waals surface area (Å²) in [6.45, 7) is 2.03. The molecule has 2 heterocycles. The molecule has 164 valence electrons. The highest BCUT2D eigenvalue weighted by molar-refractivity contribution is 6.05. The normalized spacial score (nSPS) is 16.1. The lowest BCUT2D eigenvalue weighted by atomic mass is 9.84. The summed E-state index contributed by atoms with van der Waals surface area (Å²) in [4.78, 5) is 19.3. The first-order valence-corrected chi connectivity index (χ1v) is 11.0. The van der Waals surface area contributed by atoms with Gasteiger partial charge < -0.3 is 20.8 Å². The highest BCUT2D eigenvalue weighted by Crippen LogP contribution is 2.38. The van der Waals surface area contributed by atoms with Crippen molar-refractivity contribution in [3.05, 3.63) is 58.4 Å². The number of amides is 1. The Hall–Kier alpha value is -3.32. The van der Waals surface area contributed by atoms with Crippen LogP contribution in [0.1, 0.15) is 39.9 Å². The number of aryl methyl sites for hydroxylation is 1. The fourth-order valence-electron chi connectivity index (χ4n) is 4.83. The molecule has 1 saturated heterocycles. The molecule has 0 spiro atoms. The standard InChI is InChI=1S/C25H25FN4O2/c26-20-13-15(25(31)30-9-11-32-12-10-30)5-6-18(20)24-17-4-2-1-3-16(17)23-19(14-27)21(28)7-8-22(23)29-24/h5-8,13-14,27H,1-4,9-12,28H2. The lowest BCUT2D eigenvalue weighted by molar-refractivity contribution is 0.0302. The summed E-state index contributed by atoms with van der Waals surface area (Å²) >= 11 is 0. The number of benzene rings is 2. The molecule has 1 fully saturated rings. The zero-order chi connectivity index (χ0) is 22.2. The number of hydrogen-bond acceptors (Lipinski definition) is 5. The number of pyridine rings is 1. The predicted octanol–water partition coefficient (Wildman–Crippen LogP) is 3.97. The number of carbonyl (C=O) groups excluding carboxylic acids is 1. The van der Waals surface area contributed by atoms with E-state index in [2.05, 4.69) is 0 Å². The van der Waals surface area contributed by atoms with E-state index >= 15 is 4.39 Å². The lowest BCUT2D eigenvalue weighted by Crippen LogP contribution is -2.40. The zero-order valence-corrected chi connectivity index (χ0v) is 17.8. The molecule has 1 aliphatic carbocycles. The molecule has 32 heavy (non-hydrogen) atoms. The molecule has 0 radical (unpaired) electrons. The molecule has 6 nitrogen and oxygen atoms in total. The maximum atomic E-state index is 15.4. The smallest absolute Gasteiger partial charge is 0.254 e. The van der Waals surface area contributed by atoms with E-state index in [1.807, 2.05) is 6.07 Å². The molecule has 2 aliphatic rings. The van der Waals surface area contributed by atoms with Crippen LogP contribution < -0.4 is 5.73 Å². The van der Waals surface area contributed by atoms with Crippen molar-refractivity contribution in [2.75, 3.05) is 32.0 Å². The number of nitrogens with two attached hydrogens (primary N) is 1. The first kappa shape index (κ1) is 20.6. The van der Waals surface area contributed by atoms with Crippen LogP contribution in [0.5, 0.6) is 0 Å². The number of halogens is 1. The Balaban J connectivity index is 1.63. The van der Waals surface area contributed by atoms with Crippen LogP contribution in [0.25, 0.3) is 22.2 Å². The summed E-state index contributed by atoms with van der Waals surface area (Å²) in [5, 5.41) is 8.75. The van der Waals surface area contributed by atoms with E-state index < -0.39 is 5.82 Å². The Kier molecular flexibility index (Phi) is 5.35. The molecule has 0 bridgehead atoms. The summed E-state index contributed by atoms with van der Waals surface area (Å²) in [6, 6.07) is 8.25. The number of nitrogen functional groups attached to an aromatic ring is 1. The maximum Gasteiger partial charge on any atom is 0.254 e. The fraction of sp³-hybridized carbons (Fsp3) is 0.320. The van der Waals surface area contributed by atoms with Gasteiger partial charge in [0.25, 0.3) is 5.91 Å². The van der Waals surface area contributed by atoms with Crippen molar-refractivity contribution in [2.45, 2.75) is 25.7 Å². The van der Waals surface area contributed by atoms with Gasteiger partial charge in [0.05, 0.1) is 24.4 Å². The average molecular weight is 432 g/mol. The zero-order valence-electron chi connectivity index (χ0n) is 17.8. The van der Waals surface area contributed by atoms with Gasteiger partial charge in [-0.3, -0.25) is 4.79 Å². The van der Waals surface area contributed by atoms with Crippen LogP contribution in [0, 0.1) is 11.2 Å². The molecule has 1 aliphatic heterocycles. The van der Waals surface area contributed by atoms with Crippen LogP contribution in [0.3, 0.4) is 0 Å². The predicted molar refractivity (Wildman–Crippen MR) is 123 cm³/mol. The van der Waals surface area contributed by atoms with Crippen LogP contribution in [-0.2, 0) is 17.6 Å². The third-order valence-electron chi connectivity index (χ3n) is 6.46. The largest absolute Gasteiger partial charge is 0.398 e. The van der Waals surface area contributed by atoms with Gasteiger partial charge in [-0.2, -0.15) is 0 Å². The molecule has 1 aromatic heterocycles.